The third-order valence-electron chi connectivity index (χ3n) is 2.94. The third kappa shape index (κ3) is 5.46. The van der Waals surface area contributed by atoms with E-state index in [2.05, 4.69) is 10.1 Å². The van der Waals surface area contributed by atoms with Gasteiger partial charge in [0, 0.05) is 0 Å². The molecule has 0 aliphatic heterocycles. The summed E-state index contributed by atoms with van der Waals surface area (Å²) in [6.45, 7) is 2.75. The molecule has 0 saturated carbocycles. The van der Waals surface area contributed by atoms with Crippen LogP contribution in [-0.4, -0.2) is 46.9 Å². The predicted molar refractivity (Wildman–Crippen MR) is 77.9 cm³/mol. The minimum Gasteiger partial charge on any atom is -0.569 e. The van der Waals surface area contributed by atoms with Crippen LogP contribution in [0.4, 0.5) is 0 Å². The SMILES string of the molecule is CC(C)[C@@H](C(=O)O)N(C)/[N+]([O-])=N/OCOC(=O)c1ccccc1. The molecule has 0 aromatic heterocycles. The van der Waals surface area contributed by atoms with Crippen LogP contribution in [0.2, 0.25) is 0 Å². The van der Waals surface area contributed by atoms with E-state index in [1.807, 2.05) is 0 Å². The first-order chi connectivity index (χ1) is 10.8. The summed E-state index contributed by atoms with van der Waals surface area (Å²) in [4.78, 5) is 27.3. The monoisotopic (exact) mass is 325 g/mol. The lowest BCUT2D eigenvalue weighted by Crippen LogP contribution is -2.45. The normalized spacial score (nSPS) is 12.6. The Labute approximate surface area is 133 Å². The number of hydrogen-bond acceptors (Lipinski definition) is 6. The molecule has 0 unspecified atom stereocenters. The van der Waals surface area contributed by atoms with Crippen molar-refractivity contribution in [3.63, 3.8) is 0 Å². The summed E-state index contributed by atoms with van der Waals surface area (Å²) in [7, 11) is 1.27. The number of hydrogen-bond donors (Lipinski definition) is 1. The maximum atomic E-state index is 11.7. The Balaban J connectivity index is 2.50. The van der Waals surface area contributed by atoms with E-state index in [4.69, 9.17) is 9.84 Å². The highest BCUT2D eigenvalue weighted by atomic mass is 16.8. The van der Waals surface area contributed by atoms with Gasteiger partial charge in [-0.15, -0.1) is 5.01 Å². The van der Waals surface area contributed by atoms with Gasteiger partial charge in [-0.05, 0) is 18.1 Å². The van der Waals surface area contributed by atoms with Crippen LogP contribution in [0.25, 0.3) is 0 Å². The minimum atomic E-state index is -1.16. The lowest BCUT2D eigenvalue weighted by molar-refractivity contribution is -0.712. The van der Waals surface area contributed by atoms with Gasteiger partial charge >= 0.3 is 11.9 Å². The summed E-state index contributed by atoms with van der Waals surface area (Å²) in [6, 6.07) is 7.16. The quantitative estimate of drug-likeness (QED) is 0.193. The van der Waals surface area contributed by atoms with E-state index in [-0.39, 0.29) is 10.9 Å². The average molecular weight is 325 g/mol. The number of nitrogens with zero attached hydrogens (tertiary/aromatic N) is 3. The number of ether oxygens (including phenoxy) is 1. The lowest BCUT2D eigenvalue weighted by Gasteiger charge is -2.22. The van der Waals surface area contributed by atoms with Crippen molar-refractivity contribution in [1.29, 1.82) is 0 Å². The molecular weight excluding hydrogens is 306 g/mol. The number of benzene rings is 1. The van der Waals surface area contributed by atoms with Crippen LogP contribution in [0, 0.1) is 11.1 Å². The van der Waals surface area contributed by atoms with Crippen molar-refractivity contribution in [2.75, 3.05) is 13.8 Å². The van der Waals surface area contributed by atoms with E-state index in [0.29, 0.717) is 5.56 Å². The van der Waals surface area contributed by atoms with Crippen LogP contribution in [-0.2, 0) is 14.4 Å². The van der Waals surface area contributed by atoms with E-state index in [9.17, 15) is 14.8 Å². The second-order valence-electron chi connectivity index (χ2n) is 4.98. The summed E-state index contributed by atoms with van der Waals surface area (Å²) in [5, 5.41) is 24.7. The zero-order chi connectivity index (χ0) is 17.4. The summed E-state index contributed by atoms with van der Waals surface area (Å²) in [5.74, 6) is -2.11. The van der Waals surface area contributed by atoms with Crippen molar-refractivity contribution in [1.82, 2.24) is 5.01 Å². The van der Waals surface area contributed by atoms with Gasteiger partial charge in [-0.25, -0.2) is 9.59 Å². The third-order valence-corrected chi connectivity index (χ3v) is 2.94. The minimum absolute atomic E-state index is 0.00482. The first-order valence-electron chi connectivity index (χ1n) is 6.82. The first kappa shape index (κ1) is 18.2. The number of likely N-dealkylation sites (N-methyl/N-ethyl adjacent to an activating group) is 1. The van der Waals surface area contributed by atoms with Crippen molar-refractivity contribution < 1.29 is 29.2 Å². The summed E-state index contributed by atoms with van der Waals surface area (Å²) >= 11 is 0. The Morgan fingerprint density at radius 3 is 2.48 bits per heavy atom. The molecule has 23 heavy (non-hydrogen) atoms. The molecule has 0 bridgehead atoms. The van der Waals surface area contributed by atoms with Crippen molar-refractivity contribution in [2.24, 2.45) is 11.2 Å². The fourth-order valence-corrected chi connectivity index (χ4v) is 1.85. The average Bonchev–Trinajstić information content (AvgIpc) is 2.51. The first-order valence-corrected chi connectivity index (χ1v) is 6.82. The molecule has 0 aliphatic carbocycles. The molecular formula is C14H19N3O6. The smallest absolute Gasteiger partial charge is 0.341 e. The number of rotatable bonds is 8. The molecule has 0 aliphatic rings. The fraction of sp³-hybridized carbons (Fsp3) is 0.429. The van der Waals surface area contributed by atoms with Crippen LogP contribution in [0.1, 0.15) is 24.2 Å². The van der Waals surface area contributed by atoms with Crippen LogP contribution in [0.5, 0.6) is 0 Å². The highest BCUT2D eigenvalue weighted by Crippen LogP contribution is 2.10. The van der Waals surface area contributed by atoms with Gasteiger partial charge in [-0.1, -0.05) is 32.0 Å². The van der Waals surface area contributed by atoms with Gasteiger partial charge in [0.2, 0.25) is 5.28 Å². The molecule has 0 amide bonds. The zero-order valence-corrected chi connectivity index (χ0v) is 13.1. The molecule has 0 radical (unpaired) electrons. The molecule has 126 valence electrons. The summed E-state index contributed by atoms with van der Waals surface area (Å²) in [5.41, 5.74) is 0.331. The molecule has 1 N–H and O–H groups in total. The van der Waals surface area contributed by atoms with Gasteiger partial charge in [-0.3, -0.25) is 0 Å². The van der Waals surface area contributed by atoms with Crippen molar-refractivity contribution in [3.05, 3.63) is 41.1 Å². The molecule has 0 heterocycles. The second-order valence-corrected chi connectivity index (χ2v) is 4.98. The molecule has 9 nitrogen and oxygen atoms in total. The highest BCUT2D eigenvalue weighted by Gasteiger charge is 2.31. The molecule has 1 rings (SSSR count). The topological polar surface area (TPSA) is 114 Å². The largest absolute Gasteiger partial charge is 0.569 e. The maximum absolute atomic E-state index is 11.7. The Hall–Kier alpha value is -2.84. The zero-order valence-electron chi connectivity index (χ0n) is 13.1. The summed E-state index contributed by atoms with van der Waals surface area (Å²) in [6.07, 6.45) is 0. The van der Waals surface area contributed by atoms with Crippen LogP contribution >= 0.6 is 0 Å². The summed E-state index contributed by atoms with van der Waals surface area (Å²) < 4.78 is 4.76. The molecule has 1 aromatic rings. The van der Waals surface area contributed by atoms with Gasteiger partial charge < -0.3 is 19.9 Å². The van der Waals surface area contributed by atoms with E-state index in [0.717, 1.165) is 5.01 Å². The van der Waals surface area contributed by atoms with Gasteiger partial charge in [0.1, 0.15) is 0 Å². The Morgan fingerprint density at radius 2 is 1.96 bits per heavy atom. The number of carbonyl (C=O) groups is 2. The highest BCUT2D eigenvalue weighted by molar-refractivity contribution is 5.89. The molecule has 1 aromatic carbocycles. The Bertz CT molecular complexity index is 561. The standard InChI is InChI=1S/C14H19N3O6/c1-10(2)12(13(18)19)16(3)17(21)15-23-9-22-14(20)11-7-5-4-6-8-11/h4-8,10,12H,9H2,1-3H3,(H,18,19)/b17-15-/t12-/m0/s1. The molecule has 0 saturated heterocycles. The van der Waals surface area contributed by atoms with Crippen molar-refractivity contribution in [2.45, 2.75) is 19.9 Å². The van der Waals surface area contributed by atoms with Crippen LogP contribution < -0.4 is 0 Å². The van der Waals surface area contributed by atoms with E-state index in [1.54, 1.807) is 44.2 Å². The lowest BCUT2D eigenvalue weighted by atomic mass is 10.1. The molecule has 1 atom stereocenters. The number of aliphatic carboxylic acids is 1. The van der Waals surface area contributed by atoms with Gasteiger partial charge in [0.15, 0.2) is 6.04 Å². The van der Waals surface area contributed by atoms with E-state index in [1.165, 1.54) is 7.05 Å². The van der Waals surface area contributed by atoms with Crippen molar-refractivity contribution in [3.8, 4) is 0 Å². The van der Waals surface area contributed by atoms with E-state index < -0.39 is 24.8 Å². The number of carboxylic acids is 1. The van der Waals surface area contributed by atoms with Gasteiger partial charge in [0.05, 0.1) is 17.6 Å². The number of hydrazine groups is 1. The Kier molecular flexibility index (Phi) is 6.78. The number of carbonyl (C=O) groups excluding carboxylic acids is 1. The second kappa shape index (κ2) is 8.57. The van der Waals surface area contributed by atoms with Crippen LogP contribution in [0.3, 0.4) is 0 Å². The van der Waals surface area contributed by atoms with Crippen LogP contribution in [0.15, 0.2) is 35.6 Å². The molecule has 0 spiro atoms. The van der Waals surface area contributed by atoms with Gasteiger partial charge in [0.25, 0.3) is 6.79 Å². The number of carboxylic acid groups (broad SMARTS) is 1. The molecule has 9 heteroatoms. The maximum Gasteiger partial charge on any atom is 0.341 e. The van der Waals surface area contributed by atoms with E-state index >= 15 is 0 Å². The molecule has 0 fully saturated rings. The predicted octanol–water partition coefficient (Wildman–Crippen LogP) is 1.65. The fourth-order valence-electron chi connectivity index (χ4n) is 1.85. The Morgan fingerprint density at radius 1 is 1.35 bits per heavy atom. The van der Waals surface area contributed by atoms with Gasteiger partial charge in [-0.2, -0.15) is 0 Å². The van der Waals surface area contributed by atoms with Crippen molar-refractivity contribution >= 4 is 11.9 Å². The number of esters is 1.